The minimum absolute atomic E-state index is 0.00187. The van der Waals surface area contributed by atoms with Crippen LogP contribution in [0.25, 0.3) is 0 Å². The normalized spacial score (nSPS) is 10.4. The number of ether oxygens (including phenoxy) is 2. The molecule has 134 valence electrons. The van der Waals surface area contributed by atoms with Gasteiger partial charge in [-0.2, -0.15) is 5.06 Å². The van der Waals surface area contributed by atoms with E-state index in [1.807, 2.05) is 31.2 Å². The SMILES string of the molecule is CCc1ccc(OCc2ccc(CC)cc2N(O)C(=S)OC)c(C)c1. The second kappa shape index (κ2) is 8.83. The van der Waals surface area contributed by atoms with Crippen LogP contribution in [0.5, 0.6) is 5.75 Å². The number of hydroxylamine groups is 1. The minimum Gasteiger partial charge on any atom is -0.489 e. The number of thiocarbonyl (C=S) groups is 1. The van der Waals surface area contributed by atoms with Gasteiger partial charge < -0.3 is 9.47 Å². The summed E-state index contributed by atoms with van der Waals surface area (Å²) in [7, 11) is 1.43. The molecule has 0 aromatic heterocycles. The van der Waals surface area contributed by atoms with Gasteiger partial charge in [0.25, 0.3) is 5.17 Å². The van der Waals surface area contributed by atoms with Gasteiger partial charge >= 0.3 is 0 Å². The summed E-state index contributed by atoms with van der Waals surface area (Å²) in [4.78, 5) is 0. The lowest BCUT2D eigenvalue weighted by molar-refractivity contribution is 0.264. The molecule has 0 heterocycles. The molecule has 0 bridgehead atoms. The predicted octanol–water partition coefficient (Wildman–Crippen LogP) is 4.83. The van der Waals surface area contributed by atoms with E-state index in [4.69, 9.17) is 21.7 Å². The zero-order valence-electron chi connectivity index (χ0n) is 15.2. The van der Waals surface area contributed by atoms with Crippen molar-refractivity contribution in [3.05, 3.63) is 58.7 Å². The summed E-state index contributed by atoms with van der Waals surface area (Å²) in [6.45, 7) is 6.55. The van der Waals surface area contributed by atoms with Crippen LogP contribution in [0.15, 0.2) is 36.4 Å². The van der Waals surface area contributed by atoms with Gasteiger partial charge in [-0.25, -0.2) is 0 Å². The fourth-order valence-corrected chi connectivity index (χ4v) is 2.68. The van der Waals surface area contributed by atoms with E-state index in [1.54, 1.807) is 0 Å². The Morgan fingerprint density at radius 1 is 1.08 bits per heavy atom. The molecule has 0 radical (unpaired) electrons. The first-order valence-corrected chi connectivity index (χ1v) is 8.82. The topological polar surface area (TPSA) is 41.9 Å². The maximum absolute atomic E-state index is 10.3. The van der Waals surface area contributed by atoms with Gasteiger partial charge in [-0.3, -0.25) is 5.21 Å². The van der Waals surface area contributed by atoms with Crippen molar-refractivity contribution in [2.45, 2.75) is 40.2 Å². The molecule has 0 saturated heterocycles. The van der Waals surface area contributed by atoms with Gasteiger partial charge in [0.1, 0.15) is 12.4 Å². The third-order valence-electron chi connectivity index (χ3n) is 4.16. The summed E-state index contributed by atoms with van der Waals surface area (Å²) in [6.07, 6.45) is 1.86. The van der Waals surface area contributed by atoms with Crippen molar-refractivity contribution in [2.75, 3.05) is 12.2 Å². The molecule has 0 aliphatic carbocycles. The summed E-state index contributed by atoms with van der Waals surface area (Å²) in [5, 5.41) is 11.2. The number of benzene rings is 2. The van der Waals surface area contributed by atoms with E-state index in [-0.39, 0.29) is 5.17 Å². The van der Waals surface area contributed by atoms with Gasteiger partial charge in [0.05, 0.1) is 12.8 Å². The van der Waals surface area contributed by atoms with Crippen molar-refractivity contribution in [3.8, 4) is 5.75 Å². The van der Waals surface area contributed by atoms with Crippen molar-refractivity contribution in [2.24, 2.45) is 0 Å². The second-order valence-corrected chi connectivity index (χ2v) is 6.19. The third-order valence-corrected chi connectivity index (χ3v) is 4.50. The Bertz CT molecular complexity index is 746. The van der Waals surface area contributed by atoms with Crippen LogP contribution in [0.1, 0.15) is 36.1 Å². The average Bonchev–Trinajstić information content (AvgIpc) is 2.65. The summed E-state index contributed by atoms with van der Waals surface area (Å²) >= 11 is 5.04. The standard InChI is InChI=1S/C20H25NO3S/c1-5-15-8-10-19(14(3)11-15)24-13-17-9-7-16(6-2)12-18(17)21(22)20(25)23-4/h7-12,22H,5-6,13H2,1-4H3. The summed E-state index contributed by atoms with van der Waals surface area (Å²) in [6, 6.07) is 12.1. The van der Waals surface area contributed by atoms with E-state index in [1.165, 1.54) is 12.7 Å². The summed E-state index contributed by atoms with van der Waals surface area (Å²) < 4.78 is 10.9. The molecule has 0 spiro atoms. The molecule has 0 unspecified atom stereocenters. The van der Waals surface area contributed by atoms with Crippen LogP contribution in [0.4, 0.5) is 5.69 Å². The molecule has 1 N–H and O–H groups in total. The number of nitrogens with zero attached hydrogens (tertiary/aromatic N) is 1. The quantitative estimate of drug-likeness (QED) is 0.591. The lowest BCUT2D eigenvalue weighted by Gasteiger charge is -2.21. The van der Waals surface area contributed by atoms with Crippen molar-refractivity contribution in [1.29, 1.82) is 0 Å². The Hall–Kier alpha value is -2.11. The van der Waals surface area contributed by atoms with Crippen molar-refractivity contribution in [3.63, 3.8) is 0 Å². The van der Waals surface area contributed by atoms with Crippen LogP contribution in [0, 0.1) is 6.92 Å². The Morgan fingerprint density at radius 3 is 2.32 bits per heavy atom. The van der Waals surface area contributed by atoms with Gasteiger partial charge in [-0.15, -0.1) is 0 Å². The molecular formula is C20H25NO3S. The van der Waals surface area contributed by atoms with Crippen LogP contribution in [-0.4, -0.2) is 17.5 Å². The second-order valence-electron chi connectivity index (χ2n) is 5.84. The van der Waals surface area contributed by atoms with Gasteiger partial charge in [-0.1, -0.05) is 38.1 Å². The maximum atomic E-state index is 10.3. The molecule has 2 rings (SSSR count). The van der Waals surface area contributed by atoms with E-state index < -0.39 is 0 Å². The number of hydrogen-bond acceptors (Lipinski definition) is 4. The molecule has 4 nitrogen and oxygen atoms in total. The van der Waals surface area contributed by atoms with Crippen molar-refractivity contribution < 1.29 is 14.7 Å². The zero-order chi connectivity index (χ0) is 18.4. The van der Waals surface area contributed by atoms with Crippen LogP contribution < -0.4 is 9.80 Å². The molecule has 0 amide bonds. The van der Waals surface area contributed by atoms with E-state index in [9.17, 15) is 5.21 Å². The molecule has 0 aliphatic rings. The smallest absolute Gasteiger partial charge is 0.288 e. The van der Waals surface area contributed by atoms with Gasteiger partial charge in [0.2, 0.25) is 0 Å². The van der Waals surface area contributed by atoms with Gasteiger partial charge in [0, 0.05) is 5.56 Å². The third kappa shape index (κ3) is 4.71. The van der Waals surface area contributed by atoms with Crippen molar-refractivity contribution >= 4 is 23.1 Å². The number of methoxy groups -OCH3 is 1. The lowest BCUT2D eigenvalue weighted by atomic mass is 10.1. The largest absolute Gasteiger partial charge is 0.489 e. The monoisotopic (exact) mass is 359 g/mol. The van der Waals surface area contributed by atoms with Crippen LogP contribution in [0.3, 0.4) is 0 Å². The predicted molar refractivity (Wildman–Crippen MR) is 105 cm³/mol. The number of aryl methyl sites for hydroxylation is 3. The highest BCUT2D eigenvalue weighted by molar-refractivity contribution is 7.80. The highest BCUT2D eigenvalue weighted by atomic mass is 32.1. The average molecular weight is 359 g/mol. The van der Waals surface area contributed by atoms with Crippen LogP contribution >= 0.6 is 12.2 Å². The highest BCUT2D eigenvalue weighted by Gasteiger charge is 2.15. The molecule has 5 heteroatoms. The summed E-state index contributed by atoms with van der Waals surface area (Å²) in [5.74, 6) is 0.835. The van der Waals surface area contributed by atoms with Crippen LogP contribution in [0.2, 0.25) is 0 Å². The number of rotatable bonds is 6. The summed E-state index contributed by atoms with van der Waals surface area (Å²) in [5.41, 5.74) is 4.89. The fraction of sp³-hybridized carbons (Fsp3) is 0.350. The highest BCUT2D eigenvalue weighted by Crippen LogP contribution is 2.26. The van der Waals surface area contributed by atoms with Gasteiger partial charge in [0.15, 0.2) is 0 Å². The lowest BCUT2D eigenvalue weighted by Crippen LogP contribution is -2.27. The number of anilines is 1. The van der Waals surface area contributed by atoms with E-state index in [0.717, 1.165) is 40.3 Å². The number of hydrogen-bond donors (Lipinski definition) is 1. The first kappa shape index (κ1) is 19.2. The molecule has 0 fully saturated rings. The van der Waals surface area contributed by atoms with Crippen molar-refractivity contribution in [1.82, 2.24) is 0 Å². The Balaban J connectivity index is 2.25. The van der Waals surface area contributed by atoms with E-state index in [2.05, 4.69) is 26.0 Å². The van der Waals surface area contributed by atoms with E-state index in [0.29, 0.717) is 12.3 Å². The molecule has 0 atom stereocenters. The Labute approximate surface area is 155 Å². The molecule has 2 aromatic rings. The zero-order valence-corrected chi connectivity index (χ0v) is 16.0. The first-order valence-electron chi connectivity index (χ1n) is 8.41. The maximum Gasteiger partial charge on any atom is 0.288 e. The Kier molecular flexibility index (Phi) is 6.79. The van der Waals surface area contributed by atoms with E-state index >= 15 is 0 Å². The molecule has 0 saturated carbocycles. The molecule has 2 aromatic carbocycles. The Morgan fingerprint density at radius 2 is 1.72 bits per heavy atom. The van der Waals surface area contributed by atoms with Gasteiger partial charge in [-0.05, 0) is 60.8 Å². The first-order chi connectivity index (χ1) is 12.0. The minimum atomic E-state index is -0.00187. The van der Waals surface area contributed by atoms with Crippen LogP contribution in [-0.2, 0) is 24.2 Å². The fourth-order valence-electron chi connectivity index (χ4n) is 2.58. The molecular weight excluding hydrogens is 334 g/mol. The molecule has 0 aliphatic heterocycles. The molecule has 25 heavy (non-hydrogen) atoms.